The summed E-state index contributed by atoms with van der Waals surface area (Å²) >= 11 is 0. The molecule has 3 aromatic rings. The molecule has 2 aliphatic rings. The number of benzene rings is 3. The number of hydrogen-bond acceptors (Lipinski definition) is 6. The molecule has 2 saturated heterocycles. The number of halogens is 17. The number of imide groups is 1. The fourth-order valence-electron chi connectivity index (χ4n) is 7.15. The Morgan fingerprint density at radius 3 is 1.57 bits per heavy atom. The molecule has 4 atom stereocenters. The van der Waals surface area contributed by atoms with Crippen LogP contribution >= 0.6 is 0 Å². The number of nitrogens with zero attached hydrogens (tertiary/aromatic N) is 2. The number of amides is 3. The zero-order chi connectivity index (χ0) is 47.5. The highest BCUT2D eigenvalue weighted by molar-refractivity contribution is 6.11. The Hall–Kier alpha value is -5.65. The normalized spacial score (nSPS) is 20.6. The van der Waals surface area contributed by atoms with Crippen LogP contribution in [0.3, 0.4) is 0 Å². The molecule has 2 aliphatic heterocycles. The van der Waals surface area contributed by atoms with Crippen LogP contribution in [0, 0.1) is 11.8 Å². The lowest BCUT2D eigenvalue weighted by Crippen LogP contribution is -2.74. The molecule has 0 saturated carbocycles. The number of alkyl halides is 17. The molecule has 63 heavy (non-hydrogen) atoms. The van der Waals surface area contributed by atoms with E-state index in [0.29, 0.717) is 10.5 Å². The van der Waals surface area contributed by atoms with Crippen molar-refractivity contribution < 1.29 is 98.6 Å². The van der Waals surface area contributed by atoms with Crippen LogP contribution in [-0.2, 0) is 25.7 Å². The molecule has 0 radical (unpaired) electrons. The van der Waals surface area contributed by atoms with Gasteiger partial charge in [-0.1, -0.05) is 72.8 Å². The summed E-state index contributed by atoms with van der Waals surface area (Å²) in [5.41, 5.74) is 6.00. The summed E-state index contributed by atoms with van der Waals surface area (Å²) in [7, 11) is 0. The predicted molar refractivity (Wildman–Crippen MR) is 180 cm³/mol. The third-order valence-electron chi connectivity index (χ3n) is 10.4. The molecule has 0 spiro atoms. The molecule has 8 nitrogen and oxygen atoms in total. The molecule has 2 fully saturated rings. The van der Waals surface area contributed by atoms with Crippen LogP contribution in [0.25, 0.3) is 0 Å². The standard InChI is InChI=1S/C38H28F17N3O5/c39-31(40,32(41,42)33(43,44)34(45,46)35(47,48)36(49,50)37(51,52)38(53,54)55)16-9-17-63-30(62)26-24-23(28(60)57(29(24)61)18-19-10-3-1-4-11-19)25(20-12-5-2-6-13-20)58(26)27(59)21-14-7-8-15-22(21)56/h1-8,10-15,23-26H,9,16-18,56H2/t23-,24+,25-,26-/m1/s1. The number of carbonyl (C=O) groups is 4. The van der Waals surface area contributed by atoms with Gasteiger partial charge in [-0.3, -0.25) is 19.3 Å². The van der Waals surface area contributed by atoms with Crippen molar-refractivity contribution in [2.75, 3.05) is 12.3 Å². The first-order valence-corrected chi connectivity index (χ1v) is 17.8. The first-order chi connectivity index (χ1) is 28.8. The highest BCUT2D eigenvalue weighted by Gasteiger charge is 2.95. The summed E-state index contributed by atoms with van der Waals surface area (Å²) in [4.78, 5) is 57.8. The fourth-order valence-corrected chi connectivity index (χ4v) is 7.15. The second-order valence-corrected chi connectivity index (χ2v) is 14.3. The largest absolute Gasteiger partial charge is 0.464 e. The van der Waals surface area contributed by atoms with Crippen molar-refractivity contribution >= 4 is 29.4 Å². The summed E-state index contributed by atoms with van der Waals surface area (Å²) in [6.07, 6.45) is -12.6. The van der Waals surface area contributed by atoms with E-state index in [1.54, 1.807) is 18.2 Å². The highest BCUT2D eigenvalue weighted by Crippen LogP contribution is 2.64. The number of fused-ring (bicyclic) bond motifs is 1. The summed E-state index contributed by atoms with van der Waals surface area (Å²) in [6.45, 7) is -2.02. The molecule has 5 rings (SSSR count). The summed E-state index contributed by atoms with van der Waals surface area (Å²) < 4.78 is 239. The van der Waals surface area contributed by atoms with Gasteiger partial charge in [-0.2, -0.15) is 74.6 Å². The minimum Gasteiger partial charge on any atom is -0.464 e. The highest BCUT2D eigenvalue weighted by atomic mass is 19.4. The number of anilines is 1. The van der Waals surface area contributed by atoms with Crippen molar-refractivity contribution in [2.24, 2.45) is 11.8 Å². The minimum absolute atomic E-state index is 0.137. The van der Waals surface area contributed by atoms with Crippen LogP contribution < -0.4 is 5.73 Å². The van der Waals surface area contributed by atoms with E-state index in [2.05, 4.69) is 0 Å². The number of likely N-dealkylation sites (tertiary alicyclic amines) is 2. The summed E-state index contributed by atoms with van der Waals surface area (Å²) in [6, 6.07) is 16.3. The molecule has 0 unspecified atom stereocenters. The second kappa shape index (κ2) is 16.2. The average Bonchev–Trinajstić information content (AvgIpc) is 3.68. The van der Waals surface area contributed by atoms with Crippen LogP contribution in [0.4, 0.5) is 80.3 Å². The number of rotatable bonds is 15. The smallest absolute Gasteiger partial charge is 0.460 e. The Labute approximate surface area is 342 Å². The summed E-state index contributed by atoms with van der Waals surface area (Å²) in [5.74, 6) is -66.0. The number of ether oxygens (including phenoxy) is 1. The second-order valence-electron chi connectivity index (χ2n) is 14.3. The monoisotopic (exact) mass is 929 g/mol. The van der Waals surface area contributed by atoms with Crippen molar-refractivity contribution in [2.45, 2.75) is 79.1 Å². The van der Waals surface area contributed by atoms with E-state index < -0.39 is 115 Å². The Morgan fingerprint density at radius 2 is 1.05 bits per heavy atom. The van der Waals surface area contributed by atoms with Gasteiger partial charge >= 0.3 is 53.6 Å². The van der Waals surface area contributed by atoms with E-state index in [1.165, 1.54) is 66.7 Å². The number of nitrogen functional groups attached to an aromatic ring is 1. The maximum atomic E-state index is 14.7. The number of nitrogens with two attached hydrogens (primary N) is 1. The van der Waals surface area contributed by atoms with Gasteiger partial charge in [0.1, 0.15) is 6.04 Å². The quantitative estimate of drug-likeness (QED) is 0.0536. The van der Waals surface area contributed by atoms with Gasteiger partial charge < -0.3 is 15.4 Å². The molecular weight excluding hydrogens is 901 g/mol. The van der Waals surface area contributed by atoms with E-state index in [9.17, 15) is 93.8 Å². The van der Waals surface area contributed by atoms with Gasteiger partial charge in [-0.25, -0.2) is 4.79 Å². The van der Waals surface area contributed by atoms with Gasteiger partial charge in [0.2, 0.25) is 11.8 Å². The molecule has 0 aromatic heterocycles. The SMILES string of the molecule is Nc1ccccc1C(=O)N1[C@H](c2ccccc2)[C@@H]2C(=O)N(Cc3ccccc3)C(=O)[C@@H]2[C@@H]1C(=O)OCCCC(F)(F)C(F)(F)C(F)(F)C(F)(F)C(F)(F)C(F)(F)C(F)(F)C(F)(F)F. The minimum atomic E-state index is -8.79. The molecule has 2 heterocycles. The van der Waals surface area contributed by atoms with Crippen molar-refractivity contribution in [1.29, 1.82) is 0 Å². The van der Waals surface area contributed by atoms with Crippen LogP contribution in [0.2, 0.25) is 0 Å². The zero-order valence-corrected chi connectivity index (χ0v) is 31.2. The molecular formula is C38H28F17N3O5. The van der Waals surface area contributed by atoms with Gasteiger partial charge in [0.05, 0.1) is 36.6 Å². The topological polar surface area (TPSA) is 110 Å². The van der Waals surface area contributed by atoms with E-state index in [-0.39, 0.29) is 23.4 Å². The molecule has 0 bridgehead atoms. The molecule has 3 amide bonds. The fraction of sp³-hybridized carbons (Fsp3) is 0.421. The van der Waals surface area contributed by atoms with E-state index >= 15 is 0 Å². The lowest BCUT2D eigenvalue weighted by molar-refractivity contribution is -0.461. The molecule has 3 aromatic carbocycles. The van der Waals surface area contributed by atoms with E-state index in [0.717, 1.165) is 4.90 Å². The van der Waals surface area contributed by atoms with Crippen molar-refractivity contribution in [1.82, 2.24) is 9.80 Å². The maximum Gasteiger partial charge on any atom is 0.460 e. The van der Waals surface area contributed by atoms with E-state index in [4.69, 9.17) is 10.5 Å². The van der Waals surface area contributed by atoms with Crippen molar-refractivity contribution in [3.05, 3.63) is 102 Å². The first-order valence-electron chi connectivity index (χ1n) is 17.8. The Balaban J connectivity index is 1.44. The lowest BCUT2D eigenvalue weighted by atomic mass is 9.86. The third-order valence-corrected chi connectivity index (χ3v) is 10.4. The lowest BCUT2D eigenvalue weighted by Gasteiger charge is -2.42. The number of esters is 1. The van der Waals surface area contributed by atoms with Gasteiger partial charge in [-0.05, 0) is 29.7 Å². The zero-order valence-electron chi connectivity index (χ0n) is 31.2. The Kier molecular flexibility index (Phi) is 12.4. The third kappa shape index (κ3) is 7.56. The molecule has 0 aliphatic carbocycles. The van der Waals surface area contributed by atoms with Gasteiger partial charge in [0.25, 0.3) is 5.91 Å². The molecule has 2 N–H and O–H groups in total. The molecule has 344 valence electrons. The van der Waals surface area contributed by atoms with Crippen LogP contribution in [0.5, 0.6) is 0 Å². The van der Waals surface area contributed by atoms with Crippen molar-refractivity contribution in [3.8, 4) is 0 Å². The van der Waals surface area contributed by atoms with Gasteiger partial charge in [0.15, 0.2) is 0 Å². The van der Waals surface area contributed by atoms with Crippen molar-refractivity contribution in [3.63, 3.8) is 0 Å². The van der Waals surface area contributed by atoms with Crippen LogP contribution in [0.1, 0.15) is 40.4 Å². The first kappa shape index (κ1) is 48.4. The molecule has 25 heteroatoms. The van der Waals surface area contributed by atoms with E-state index in [1.807, 2.05) is 0 Å². The Morgan fingerprint density at radius 1 is 0.587 bits per heavy atom. The van der Waals surface area contributed by atoms with Crippen LogP contribution in [-0.4, -0.2) is 93.8 Å². The number of hydrogen-bond donors (Lipinski definition) is 1. The summed E-state index contributed by atoms with van der Waals surface area (Å²) in [5, 5.41) is 0. The van der Waals surface area contributed by atoms with Crippen LogP contribution in [0.15, 0.2) is 84.9 Å². The maximum absolute atomic E-state index is 14.7. The van der Waals surface area contributed by atoms with Gasteiger partial charge in [-0.15, -0.1) is 0 Å². The number of para-hydroxylation sites is 1. The van der Waals surface area contributed by atoms with Gasteiger partial charge in [0, 0.05) is 12.1 Å². The number of carbonyl (C=O) groups excluding carboxylic acids is 4. The average molecular weight is 930 g/mol. The predicted octanol–water partition coefficient (Wildman–Crippen LogP) is 8.97. The Bertz CT molecular complexity index is 2210.